The largest absolute Gasteiger partial charge is 0.381 e. The number of aromatic nitrogens is 5. The Morgan fingerprint density at radius 3 is 2.72 bits per heavy atom. The number of halogens is 1. The summed E-state index contributed by atoms with van der Waals surface area (Å²) in [7, 11) is 1.92. The lowest BCUT2D eigenvalue weighted by Gasteiger charge is -2.34. The Morgan fingerprint density at radius 2 is 1.94 bits per heavy atom. The Bertz CT molecular complexity index is 1340. The average Bonchev–Trinajstić information content (AvgIpc) is 3.30. The minimum absolute atomic E-state index is 0.148. The van der Waals surface area contributed by atoms with Crippen molar-refractivity contribution in [1.29, 1.82) is 0 Å². The summed E-state index contributed by atoms with van der Waals surface area (Å²) in [5, 5.41) is 4.36. The smallest absolute Gasteiger partial charge is 0.163 e. The van der Waals surface area contributed by atoms with Gasteiger partial charge >= 0.3 is 0 Å². The fourth-order valence-corrected chi connectivity index (χ4v) is 5.05. The zero-order valence-corrected chi connectivity index (χ0v) is 18.0. The fraction of sp³-hybridized carbons (Fsp3) is 0.333. The summed E-state index contributed by atoms with van der Waals surface area (Å²) in [6.45, 7) is 4.10. The van der Waals surface area contributed by atoms with Gasteiger partial charge in [0.25, 0.3) is 0 Å². The Morgan fingerprint density at radius 1 is 1.09 bits per heavy atom. The molecule has 4 aromatic rings. The zero-order chi connectivity index (χ0) is 21.9. The van der Waals surface area contributed by atoms with Crippen LogP contribution in [0.1, 0.15) is 24.1 Å². The van der Waals surface area contributed by atoms with Crippen molar-refractivity contribution in [2.24, 2.45) is 7.05 Å². The van der Waals surface area contributed by atoms with Crippen molar-refractivity contribution in [2.75, 3.05) is 24.7 Å². The lowest BCUT2D eigenvalue weighted by atomic mass is 9.76. The molecule has 0 amide bonds. The molecule has 8 heteroatoms. The van der Waals surface area contributed by atoms with E-state index in [0.717, 1.165) is 64.4 Å². The minimum atomic E-state index is -0.212. The van der Waals surface area contributed by atoms with Crippen LogP contribution < -0.4 is 4.90 Å². The van der Waals surface area contributed by atoms with E-state index in [0.29, 0.717) is 13.2 Å². The number of fused-ring (bicyclic) bond motifs is 3. The number of ether oxygens (including phenoxy) is 1. The quantitative estimate of drug-likeness (QED) is 0.478. The molecule has 1 aromatic carbocycles. The normalized spacial score (nSPS) is 17.3. The fourth-order valence-electron chi connectivity index (χ4n) is 5.05. The van der Waals surface area contributed by atoms with Crippen LogP contribution in [0.4, 0.5) is 15.9 Å². The highest BCUT2D eigenvalue weighted by Crippen LogP contribution is 2.50. The highest BCUT2D eigenvalue weighted by molar-refractivity contribution is 5.91. The molecule has 7 nitrogen and oxygen atoms in total. The standard InChI is InChI=1S/C24H23FN6O/c1-15-17(12-28-30(15)2)19-4-5-20-22(29-19)23(27-14-26-20)31-13-24(7-9-32-10-8-24)18-11-16(25)3-6-21(18)31/h3-6,11-12,14H,7-10,13H2,1-2H3. The summed E-state index contributed by atoms with van der Waals surface area (Å²) >= 11 is 0. The van der Waals surface area contributed by atoms with Crippen molar-refractivity contribution in [3.05, 3.63) is 59.9 Å². The van der Waals surface area contributed by atoms with E-state index in [1.807, 2.05) is 43.0 Å². The molecule has 2 aliphatic rings. The molecule has 0 radical (unpaired) electrons. The third kappa shape index (κ3) is 2.82. The Hall–Kier alpha value is -3.39. The van der Waals surface area contributed by atoms with Gasteiger partial charge in [-0.15, -0.1) is 0 Å². The van der Waals surface area contributed by atoms with E-state index in [-0.39, 0.29) is 11.2 Å². The number of hydrogen-bond donors (Lipinski definition) is 0. The van der Waals surface area contributed by atoms with Gasteiger partial charge in [-0.25, -0.2) is 19.3 Å². The van der Waals surface area contributed by atoms with Crippen LogP contribution in [0.5, 0.6) is 0 Å². The number of aryl methyl sites for hydroxylation is 1. The van der Waals surface area contributed by atoms with Gasteiger partial charge in [0.1, 0.15) is 17.7 Å². The summed E-state index contributed by atoms with van der Waals surface area (Å²) in [6, 6.07) is 9.00. The topological polar surface area (TPSA) is 69.0 Å². The molecule has 0 N–H and O–H groups in total. The number of anilines is 2. The maximum atomic E-state index is 14.3. The third-order valence-corrected chi connectivity index (χ3v) is 6.96. The van der Waals surface area contributed by atoms with E-state index in [1.54, 1.807) is 12.4 Å². The van der Waals surface area contributed by atoms with Crippen molar-refractivity contribution in [2.45, 2.75) is 25.2 Å². The summed E-state index contributed by atoms with van der Waals surface area (Å²) in [4.78, 5) is 16.3. The van der Waals surface area contributed by atoms with E-state index in [9.17, 15) is 4.39 Å². The van der Waals surface area contributed by atoms with Gasteiger partial charge in [-0.2, -0.15) is 5.10 Å². The predicted molar refractivity (Wildman–Crippen MR) is 119 cm³/mol. The van der Waals surface area contributed by atoms with Crippen molar-refractivity contribution in [1.82, 2.24) is 24.7 Å². The second-order valence-corrected chi connectivity index (χ2v) is 8.67. The molecule has 0 atom stereocenters. The number of pyridine rings is 1. The maximum Gasteiger partial charge on any atom is 0.163 e. The van der Waals surface area contributed by atoms with Crippen molar-refractivity contribution in [3.8, 4) is 11.3 Å². The van der Waals surface area contributed by atoms with E-state index in [2.05, 4.69) is 20.0 Å². The lowest BCUT2D eigenvalue weighted by Crippen LogP contribution is -2.37. The van der Waals surface area contributed by atoms with Crippen LogP contribution in [0.3, 0.4) is 0 Å². The molecule has 0 aliphatic carbocycles. The molecule has 0 saturated carbocycles. The van der Waals surface area contributed by atoms with Crippen LogP contribution in [0.15, 0.2) is 42.9 Å². The summed E-state index contributed by atoms with van der Waals surface area (Å²) in [6.07, 6.45) is 5.12. The van der Waals surface area contributed by atoms with Gasteiger partial charge in [-0.3, -0.25) is 4.68 Å². The van der Waals surface area contributed by atoms with Crippen LogP contribution in [0, 0.1) is 12.7 Å². The third-order valence-electron chi connectivity index (χ3n) is 6.96. The number of hydrogen-bond acceptors (Lipinski definition) is 6. The molecule has 0 bridgehead atoms. The van der Waals surface area contributed by atoms with Crippen LogP contribution in [-0.2, 0) is 17.2 Å². The molecule has 0 unspecified atom stereocenters. The van der Waals surface area contributed by atoms with Gasteiger partial charge in [0, 0.05) is 49.2 Å². The number of benzene rings is 1. The van der Waals surface area contributed by atoms with E-state index in [1.165, 1.54) is 6.07 Å². The van der Waals surface area contributed by atoms with Crippen LogP contribution in [-0.4, -0.2) is 44.5 Å². The Balaban J connectivity index is 1.52. The SMILES string of the molecule is Cc1c(-c2ccc3ncnc(N4CC5(CCOCC5)c5cc(F)ccc54)c3n2)cnn1C. The van der Waals surface area contributed by atoms with E-state index in [4.69, 9.17) is 9.72 Å². The van der Waals surface area contributed by atoms with Crippen LogP contribution in [0.25, 0.3) is 22.3 Å². The second kappa shape index (κ2) is 7.06. The highest BCUT2D eigenvalue weighted by atomic mass is 19.1. The number of rotatable bonds is 2. The van der Waals surface area contributed by atoms with E-state index >= 15 is 0 Å². The molecule has 3 aromatic heterocycles. The first kappa shape index (κ1) is 19.3. The first-order valence-corrected chi connectivity index (χ1v) is 10.8. The molecule has 1 spiro atoms. The van der Waals surface area contributed by atoms with E-state index < -0.39 is 0 Å². The second-order valence-electron chi connectivity index (χ2n) is 8.67. The Labute approximate surface area is 184 Å². The molecule has 1 saturated heterocycles. The monoisotopic (exact) mass is 430 g/mol. The number of nitrogens with zero attached hydrogens (tertiary/aromatic N) is 6. The first-order chi connectivity index (χ1) is 15.6. The van der Waals surface area contributed by atoms with Gasteiger partial charge < -0.3 is 9.64 Å². The van der Waals surface area contributed by atoms with Crippen molar-refractivity contribution in [3.63, 3.8) is 0 Å². The van der Waals surface area contributed by atoms with Crippen molar-refractivity contribution >= 4 is 22.5 Å². The lowest BCUT2D eigenvalue weighted by molar-refractivity contribution is 0.0557. The summed E-state index contributed by atoms with van der Waals surface area (Å²) < 4.78 is 21.7. The highest BCUT2D eigenvalue weighted by Gasteiger charge is 2.45. The van der Waals surface area contributed by atoms with Gasteiger partial charge in [0.2, 0.25) is 0 Å². The van der Waals surface area contributed by atoms with Gasteiger partial charge in [-0.05, 0) is 55.7 Å². The van der Waals surface area contributed by atoms with Crippen LogP contribution in [0.2, 0.25) is 0 Å². The molecule has 162 valence electrons. The predicted octanol–water partition coefficient (Wildman–Crippen LogP) is 4.07. The van der Waals surface area contributed by atoms with Gasteiger partial charge in [0.05, 0.1) is 17.4 Å². The zero-order valence-electron chi connectivity index (χ0n) is 18.0. The molecular weight excluding hydrogens is 407 g/mol. The molecule has 32 heavy (non-hydrogen) atoms. The summed E-state index contributed by atoms with van der Waals surface area (Å²) in [5.74, 6) is 0.533. The Kier molecular flexibility index (Phi) is 4.26. The van der Waals surface area contributed by atoms with Crippen LogP contribution >= 0.6 is 0 Å². The molecule has 1 fully saturated rings. The van der Waals surface area contributed by atoms with Gasteiger partial charge in [0.15, 0.2) is 5.82 Å². The first-order valence-electron chi connectivity index (χ1n) is 10.8. The van der Waals surface area contributed by atoms with Crippen molar-refractivity contribution < 1.29 is 9.13 Å². The molecule has 6 rings (SSSR count). The average molecular weight is 430 g/mol. The molecule has 5 heterocycles. The maximum absolute atomic E-state index is 14.3. The molecule has 2 aliphatic heterocycles. The van der Waals surface area contributed by atoms with Gasteiger partial charge in [-0.1, -0.05) is 0 Å². The minimum Gasteiger partial charge on any atom is -0.381 e. The summed E-state index contributed by atoms with van der Waals surface area (Å²) in [5.41, 5.74) is 6.23. The molecular formula is C24H23FN6O.